The zero-order chi connectivity index (χ0) is 11.6. The van der Waals surface area contributed by atoms with Crippen molar-refractivity contribution in [1.82, 2.24) is 0 Å². The lowest BCUT2D eigenvalue weighted by atomic mass is 9.71. The van der Waals surface area contributed by atoms with Gasteiger partial charge in [-0.15, -0.1) is 11.6 Å². The smallest absolute Gasteiger partial charge is 0.331 e. The minimum atomic E-state index is -1.25. The maximum atomic E-state index is 11.1. The molecular weight excluding hydrogens is 220 g/mol. The van der Waals surface area contributed by atoms with Gasteiger partial charge in [-0.1, -0.05) is 18.2 Å². The molecule has 5 heteroatoms. The summed E-state index contributed by atoms with van der Waals surface area (Å²) in [7, 11) is 0. The number of hydrogen-bond acceptors (Lipinski definition) is 2. The van der Waals surface area contributed by atoms with E-state index in [0.29, 0.717) is 0 Å². The molecule has 15 heavy (non-hydrogen) atoms. The van der Waals surface area contributed by atoms with Crippen LogP contribution in [-0.4, -0.2) is 28.0 Å². The van der Waals surface area contributed by atoms with Crippen molar-refractivity contribution < 1.29 is 19.8 Å². The van der Waals surface area contributed by atoms with Gasteiger partial charge in [0.1, 0.15) is 0 Å². The second-order valence-electron chi connectivity index (χ2n) is 3.58. The van der Waals surface area contributed by atoms with Crippen LogP contribution < -0.4 is 0 Å². The van der Waals surface area contributed by atoms with Crippen LogP contribution in [0.2, 0.25) is 0 Å². The third kappa shape index (κ3) is 1.90. The number of hydrogen-bond donors (Lipinski definition) is 2. The van der Waals surface area contributed by atoms with Gasteiger partial charge in [-0.25, -0.2) is 4.79 Å². The molecular formula is C10H11ClO4. The van der Waals surface area contributed by atoms with Gasteiger partial charge in [0.25, 0.3) is 0 Å². The molecule has 2 unspecified atom stereocenters. The Kier molecular flexibility index (Phi) is 3.19. The van der Waals surface area contributed by atoms with Crippen LogP contribution in [0.4, 0.5) is 0 Å². The average molecular weight is 231 g/mol. The van der Waals surface area contributed by atoms with Crippen molar-refractivity contribution in [3.8, 4) is 0 Å². The monoisotopic (exact) mass is 230 g/mol. The third-order valence-electron chi connectivity index (χ3n) is 2.68. The lowest BCUT2D eigenvalue weighted by Gasteiger charge is -2.32. The summed E-state index contributed by atoms with van der Waals surface area (Å²) in [5, 5.41) is 18.0. The highest BCUT2D eigenvalue weighted by molar-refractivity contribution is 6.19. The van der Waals surface area contributed by atoms with E-state index in [1.54, 1.807) is 0 Å². The minimum Gasteiger partial charge on any atom is -0.481 e. The Morgan fingerprint density at radius 1 is 1.53 bits per heavy atom. The van der Waals surface area contributed by atoms with Gasteiger partial charge in [-0.2, -0.15) is 0 Å². The van der Waals surface area contributed by atoms with E-state index >= 15 is 0 Å². The number of halogens is 1. The summed E-state index contributed by atoms with van der Waals surface area (Å²) in [6.07, 6.45) is 4.30. The van der Waals surface area contributed by atoms with Crippen LogP contribution in [0.3, 0.4) is 0 Å². The van der Waals surface area contributed by atoms with Gasteiger partial charge in [0.2, 0.25) is 0 Å². The highest BCUT2D eigenvalue weighted by Gasteiger charge is 2.43. The van der Waals surface area contributed by atoms with Crippen LogP contribution in [0.5, 0.6) is 0 Å². The summed E-state index contributed by atoms with van der Waals surface area (Å²) in [4.78, 5) is 22.0. The highest BCUT2D eigenvalue weighted by atomic mass is 35.5. The topological polar surface area (TPSA) is 74.6 Å². The van der Waals surface area contributed by atoms with E-state index < -0.39 is 23.3 Å². The highest BCUT2D eigenvalue weighted by Crippen LogP contribution is 2.38. The van der Waals surface area contributed by atoms with Crippen LogP contribution in [0.15, 0.2) is 23.8 Å². The number of rotatable bonds is 3. The van der Waals surface area contributed by atoms with Crippen LogP contribution in [-0.2, 0) is 9.59 Å². The molecule has 0 aromatic carbocycles. The van der Waals surface area contributed by atoms with Crippen molar-refractivity contribution in [2.24, 2.45) is 11.3 Å². The van der Waals surface area contributed by atoms with Gasteiger partial charge in [-0.3, -0.25) is 4.79 Å². The van der Waals surface area contributed by atoms with E-state index in [-0.39, 0.29) is 11.5 Å². The van der Waals surface area contributed by atoms with Crippen LogP contribution in [0.1, 0.15) is 6.92 Å². The van der Waals surface area contributed by atoms with Gasteiger partial charge < -0.3 is 10.2 Å². The van der Waals surface area contributed by atoms with Crippen molar-refractivity contribution in [3.05, 3.63) is 23.8 Å². The molecule has 1 aliphatic carbocycles. The molecule has 0 heterocycles. The van der Waals surface area contributed by atoms with Crippen LogP contribution in [0.25, 0.3) is 0 Å². The molecule has 0 aliphatic heterocycles. The molecule has 0 aromatic rings. The van der Waals surface area contributed by atoms with Crippen molar-refractivity contribution in [3.63, 3.8) is 0 Å². The third-order valence-corrected chi connectivity index (χ3v) is 2.99. The molecule has 1 rings (SSSR count). The summed E-state index contributed by atoms with van der Waals surface area (Å²) in [6, 6.07) is 0. The Morgan fingerprint density at radius 2 is 2.13 bits per heavy atom. The molecule has 0 saturated heterocycles. The molecule has 0 saturated carbocycles. The molecule has 1 aliphatic rings. The van der Waals surface area contributed by atoms with E-state index in [1.165, 1.54) is 25.2 Å². The molecule has 0 radical (unpaired) electrons. The standard InChI is InChI=1S/C10H11ClO4/c1-10(9(14)15)4-2-3-6(8(12)13)7(10)5-11/h2-4,7H,5H2,1H3,(H,12,13)(H,14,15). The SMILES string of the molecule is CC1(C(=O)O)C=CC=C(C(=O)O)C1CCl. The second kappa shape index (κ2) is 4.06. The average Bonchev–Trinajstić information content (AvgIpc) is 2.16. The Bertz CT molecular complexity index is 358. The van der Waals surface area contributed by atoms with E-state index in [1.807, 2.05) is 0 Å². The minimum absolute atomic E-state index is 0.0364. The lowest BCUT2D eigenvalue weighted by Crippen LogP contribution is -2.39. The maximum Gasteiger partial charge on any atom is 0.331 e. The van der Waals surface area contributed by atoms with Crippen molar-refractivity contribution >= 4 is 23.5 Å². The molecule has 0 fully saturated rings. The van der Waals surface area contributed by atoms with Gasteiger partial charge in [0, 0.05) is 17.4 Å². The number of carboxylic acid groups (broad SMARTS) is 2. The molecule has 0 spiro atoms. The Morgan fingerprint density at radius 3 is 2.53 bits per heavy atom. The Labute approximate surface area is 91.9 Å². The van der Waals surface area contributed by atoms with Crippen LogP contribution in [0, 0.1) is 11.3 Å². The molecule has 0 bridgehead atoms. The van der Waals surface area contributed by atoms with E-state index in [0.717, 1.165) is 0 Å². The Hall–Kier alpha value is -1.29. The zero-order valence-electron chi connectivity index (χ0n) is 8.11. The van der Waals surface area contributed by atoms with Crippen molar-refractivity contribution in [1.29, 1.82) is 0 Å². The van der Waals surface area contributed by atoms with E-state index in [2.05, 4.69) is 0 Å². The van der Waals surface area contributed by atoms with E-state index in [9.17, 15) is 9.59 Å². The van der Waals surface area contributed by atoms with Gasteiger partial charge in [0.05, 0.1) is 5.41 Å². The second-order valence-corrected chi connectivity index (χ2v) is 3.89. The molecule has 0 aromatic heterocycles. The number of aliphatic carboxylic acids is 2. The predicted molar refractivity (Wildman–Crippen MR) is 54.8 cm³/mol. The first-order valence-electron chi connectivity index (χ1n) is 4.35. The quantitative estimate of drug-likeness (QED) is 0.721. The number of carbonyl (C=O) groups is 2. The first kappa shape index (κ1) is 11.8. The van der Waals surface area contributed by atoms with Crippen molar-refractivity contribution in [2.45, 2.75) is 6.92 Å². The molecule has 82 valence electrons. The molecule has 2 atom stereocenters. The fourth-order valence-electron chi connectivity index (χ4n) is 1.59. The molecule has 2 N–H and O–H groups in total. The van der Waals surface area contributed by atoms with E-state index in [4.69, 9.17) is 21.8 Å². The summed E-state index contributed by atoms with van der Waals surface area (Å²) < 4.78 is 0. The Balaban J connectivity index is 3.18. The largest absolute Gasteiger partial charge is 0.481 e. The summed E-state index contributed by atoms with van der Waals surface area (Å²) in [5.41, 5.74) is -1.21. The maximum absolute atomic E-state index is 11.1. The van der Waals surface area contributed by atoms with Gasteiger partial charge in [0.15, 0.2) is 0 Å². The first-order valence-corrected chi connectivity index (χ1v) is 4.89. The summed E-state index contributed by atoms with van der Waals surface area (Å²) in [5.74, 6) is -2.95. The number of carboxylic acids is 2. The fraction of sp³-hybridized carbons (Fsp3) is 0.400. The fourth-order valence-corrected chi connectivity index (χ4v) is 2.08. The number of allylic oxidation sites excluding steroid dienone is 2. The lowest BCUT2D eigenvalue weighted by molar-refractivity contribution is -0.147. The normalized spacial score (nSPS) is 29.7. The summed E-state index contributed by atoms with van der Waals surface area (Å²) >= 11 is 5.65. The molecule has 0 amide bonds. The van der Waals surface area contributed by atoms with Crippen molar-refractivity contribution in [2.75, 3.05) is 5.88 Å². The number of alkyl halides is 1. The van der Waals surface area contributed by atoms with Gasteiger partial charge in [-0.05, 0) is 6.92 Å². The molecule has 4 nitrogen and oxygen atoms in total. The summed E-state index contributed by atoms with van der Waals surface area (Å²) in [6.45, 7) is 1.47. The first-order chi connectivity index (χ1) is 6.93. The van der Waals surface area contributed by atoms with Crippen LogP contribution >= 0.6 is 11.6 Å². The zero-order valence-corrected chi connectivity index (χ0v) is 8.86. The predicted octanol–water partition coefficient (Wildman–Crippen LogP) is 1.51. The van der Waals surface area contributed by atoms with Gasteiger partial charge >= 0.3 is 11.9 Å².